The van der Waals surface area contributed by atoms with Crippen LogP contribution in [0.3, 0.4) is 0 Å². The number of nitrogens with zero attached hydrogens (tertiary/aromatic N) is 2. The average Bonchev–Trinajstić information content (AvgIpc) is 2.93. The molecule has 1 saturated heterocycles. The number of likely N-dealkylation sites (N-methyl/N-ethyl adjacent to an activating group) is 1. The molecule has 0 spiro atoms. The molecule has 1 aliphatic heterocycles. The molecule has 4 nitrogen and oxygen atoms in total. The van der Waals surface area contributed by atoms with Gasteiger partial charge in [-0.15, -0.1) is 0 Å². The van der Waals surface area contributed by atoms with Gasteiger partial charge in [0.05, 0.1) is 6.42 Å². The SMILES string of the molecule is CC1CN(C2CC2)C(CC(=O)O)CN1C. The van der Waals surface area contributed by atoms with Crippen molar-refractivity contribution < 1.29 is 9.90 Å². The fraction of sp³-hybridized carbons (Fsp3) is 0.909. The van der Waals surface area contributed by atoms with Crippen LogP contribution in [0, 0.1) is 0 Å². The zero-order valence-electron chi connectivity index (χ0n) is 9.52. The highest BCUT2D eigenvalue weighted by Crippen LogP contribution is 2.32. The minimum Gasteiger partial charge on any atom is -0.481 e. The minimum atomic E-state index is -0.673. The molecule has 2 aliphatic rings. The van der Waals surface area contributed by atoms with E-state index in [0.717, 1.165) is 13.1 Å². The lowest BCUT2D eigenvalue weighted by atomic mass is 10.1. The Labute approximate surface area is 90.9 Å². The molecule has 0 aromatic heterocycles. The van der Waals surface area contributed by atoms with Gasteiger partial charge in [-0.2, -0.15) is 0 Å². The quantitative estimate of drug-likeness (QED) is 0.745. The number of carboxylic acids is 1. The monoisotopic (exact) mass is 212 g/mol. The van der Waals surface area contributed by atoms with Crippen LogP contribution in [0.1, 0.15) is 26.2 Å². The second-order valence-corrected chi connectivity index (χ2v) is 4.97. The maximum atomic E-state index is 10.8. The largest absolute Gasteiger partial charge is 0.481 e. The Balaban J connectivity index is 2.00. The molecule has 2 rings (SSSR count). The number of carboxylic acid groups (broad SMARTS) is 1. The molecule has 2 atom stereocenters. The molecule has 1 N–H and O–H groups in total. The van der Waals surface area contributed by atoms with Crippen LogP contribution in [-0.4, -0.2) is 59.1 Å². The van der Waals surface area contributed by atoms with Crippen LogP contribution < -0.4 is 0 Å². The first kappa shape index (κ1) is 10.9. The summed E-state index contributed by atoms with van der Waals surface area (Å²) in [6, 6.07) is 1.44. The summed E-state index contributed by atoms with van der Waals surface area (Å²) in [5, 5.41) is 8.89. The van der Waals surface area contributed by atoms with Crippen molar-refractivity contribution >= 4 is 5.97 Å². The maximum Gasteiger partial charge on any atom is 0.304 e. The molecule has 2 unspecified atom stereocenters. The highest BCUT2D eigenvalue weighted by molar-refractivity contribution is 5.67. The summed E-state index contributed by atoms with van der Waals surface area (Å²) in [5.74, 6) is -0.673. The third-order valence-electron chi connectivity index (χ3n) is 3.62. The van der Waals surface area contributed by atoms with Gasteiger partial charge in [0.1, 0.15) is 0 Å². The van der Waals surface area contributed by atoms with Gasteiger partial charge in [-0.05, 0) is 26.8 Å². The fourth-order valence-corrected chi connectivity index (χ4v) is 2.45. The Bertz CT molecular complexity index is 253. The van der Waals surface area contributed by atoms with E-state index in [9.17, 15) is 4.79 Å². The molecule has 1 heterocycles. The van der Waals surface area contributed by atoms with Crippen molar-refractivity contribution in [3.8, 4) is 0 Å². The van der Waals surface area contributed by atoms with Crippen molar-refractivity contribution in [1.82, 2.24) is 9.80 Å². The Morgan fingerprint density at radius 1 is 1.40 bits per heavy atom. The van der Waals surface area contributed by atoms with Crippen molar-refractivity contribution in [2.75, 3.05) is 20.1 Å². The molecule has 1 aliphatic carbocycles. The molecule has 2 fully saturated rings. The molecule has 0 bridgehead atoms. The average molecular weight is 212 g/mol. The van der Waals surface area contributed by atoms with E-state index in [-0.39, 0.29) is 12.5 Å². The first-order chi connectivity index (χ1) is 7.08. The normalized spacial score (nSPS) is 34.3. The molecule has 86 valence electrons. The van der Waals surface area contributed by atoms with E-state index >= 15 is 0 Å². The molecule has 0 amide bonds. The van der Waals surface area contributed by atoms with Gasteiger partial charge < -0.3 is 10.0 Å². The number of carbonyl (C=O) groups is 1. The zero-order valence-corrected chi connectivity index (χ0v) is 9.52. The van der Waals surface area contributed by atoms with E-state index in [0.29, 0.717) is 12.1 Å². The third-order valence-corrected chi connectivity index (χ3v) is 3.62. The van der Waals surface area contributed by atoms with Gasteiger partial charge in [-0.25, -0.2) is 0 Å². The van der Waals surface area contributed by atoms with Crippen molar-refractivity contribution in [2.24, 2.45) is 0 Å². The smallest absolute Gasteiger partial charge is 0.304 e. The van der Waals surface area contributed by atoms with Gasteiger partial charge in [-0.1, -0.05) is 0 Å². The highest BCUT2D eigenvalue weighted by Gasteiger charge is 2.39. The predicted octanol–water partition coefficient (Wildman–Crippen LogP) is 0.628. The molecule has 0 aromatic rings. The molecular weight excluding hydrogens is 192 g/mol. The molecule has 0 radical (unpaired) electrons. The Kier molecular flexibility index (Phi) is 2.98. The molecule has 1 saturated carbocycles. The van der Waals surface area contributed by atoms with Crippen LogP contribution in [0.5, 0.6) is 0 Å². The van der Waals surface area contributed by atoms with Gasteiger partial charge in [0.2, 0.25) is 0 Å². The second kappa shape index (κ2) is 4.10. The molecule has 4 heteroatoms. The van der Waals surface area contributed by atoms with Crippen molar-refractivity contribution in [3.05, 3.63) is 0 Å². The molecule has 0 aromatic carbocycles. The van der Waals surface area contributed by atoms with Gasteiger partial charge in [-0.3, -0.25) is 9.69 Å². The standard InChI is InChI=1S/C11H20N2O2/c1-8-6-13(9-3-4-9)10(5-11(14)15)7-12(8)2/h8-10H,3-7H2,1-2H3,(H,14,15). The number of rotatable bonds is 3. The Morgan fingerprint density at radius 3 is 2.60 bits per heavy atom. The van der Waals surface area contributed by atoms with Crippen molar-refractivity contribution in [2.45, 2.75) is 44.3 Å². The van der Waals surface area contributed by atoms with E-state index in [4.69, 9.17) is 5.11 Å². The zero-order chi connectivity index (χ0) is 11.0. The van der Waals surface area contributed by atoms with Crippen LogP contribution in [0.2, 0.25) is 0 Å². The summed E-state index contributed by atoms with van der Waals surface area (Å²) in [7, 11) is 2.09. The predicted molar refractivity (Wildman–Crippen MR) is 57.9 cm³/mol. The van der Waals surface area contributed by atoms with E-state index < -0.39 is 5.97 Å². The van der Waals surface area contributed by atoms with E-state index in [2.05, 4.69) is 23.8 Å². The van der Waals surface area contributed by atoms with Crippen LogP contribution in [0.25, 0.3) is 0 Å². The summed E-state index contributed by atoms with van der Waals surface area (Å²) < 4.78 is 0. The summed E-state index contributed by atoms with van der Waals surface area (Å²) in [5.41, 5.74) is 0. The van der Waals surface area contributed by atoms with Crippen LogP contribution in [0.4, 0.5) is 0 Å². The topological polar surface area (TPSA) is 43.8 Å². The highest BCUT2D eigenvalue weighted by atomic mass is 16.4. The molecular formula is C11H20N2O2. The number of piperazine rings is 1. The van der Waals surface area contributed by atoms with Crippen molar-refractivity contribution in [3.63, 3.8) is 0 Å². The van der Waals surface area contributed by atoms with Crippen molar-refractivity contribution in [1.29, 1.82) is 0 Å². The lowest BCUT2D eigenvalue weighted by Gasteiger charge is -2.43. The summed E-state index contributed by atoms with van der Waals surface area (Å²) >= 11 is 0. The van der Waals surface area contributed by atoms with E-state index in [1.54, 1.807) is 0 Å². The van der Waals surface area contributed by atoms with Gasteiger partial charge >= 0.3 is 5.97 Å². The lowest BCUT2D eigenvalue weighted by molar-refractivity contribution is -0.139. The summed E-state index contributed by atoms with van der Waals surface area (Å²) in [6.45, 7) is 4.13. The first-order valence-corrected chi connectivity index (χ1v) is 5.75. The summed E-state index contributed by atoms with van der Waals surface area (Å²) in [4.78, 5) is 15.5. The minimum absolute atomic E-state index is 0.219. The lowest BCUT2D eigenvalue weighted by Crippen LogP contribution is -2.57. The third kappa shape index (κ3) is 2.49. The van der Waals surface area contributed by atoms with Crippen LogP contribution >= 0.6 is 0 Å². The Morgan fingerprint density at radius 2 is 2.07 bits per heavy atom. The number of hydrogen-bond acceptors (Lipinski definition) is 3. The van der Waals surface area contributed by atoms with Gasteiger partial charge in [0, 0.05) is 31.2 Å². The molecule has 15 heavy (non-hydrogen) atoms. The fourth-order valence-electron chi connectivity index (χ4n) is 2.45. The Hall–Kier alpha value is -0.610. The summed E-state index contributed by atoms with van der Waals surface area (Å²) in [6.07, 6.45) is 2.80. The van der Waals surface area contributed by atoms with Gasteiger partial charge in [0.25, 0.3) is 0 Å². The second-order valence-electron chi connectivity index (χ2n) is 4.97. The van der Waals surface area contributed by atoms with Crippen LogP contribution in [-0.2, 0) is 4.79 Å². The number of aliphatic carboxylic acids is 1. The van der Waals surface area contributed by atoms with E-state index in [1.807, 2.05) is 0 Å². The van der Waals surface area contributed by atoms with Crippen LogP contribution in [0.15, 0.2) is 0 Å². The number of hydrogen-bond donors (Lipinski definition) is 1. The van der Waals surface area contributed by atoms with E-state index in [1.165, 1.54) is 12.8 Å². The maximum absolute atomic E-state index is 10.8. The first-order valence-electron chi connectivity index (χ1n) is 5.75. The van der Waals surface area contributed by atoms with Gasteiger partial charge in [0.15, 0.2) is 0 Å².